The molecule has 0 aliphatic rings. The number of carbonyl (C=O) groups is 3. The number of carbonyl (C=O) groups excluding carboxylic acids is 3. The largest absolute Gasteiger partial charge is 0.300 e. The molecule has 0 saturated carbocycles. The second-order valence-corrected chi connectivity index (χ2v) is 4.22. The van der Waals surface area contributed by atoms with E-state index in [-0.39, 0.29) is 29.7 Å². The summed E-state index contributed by atoms with van der Waals surface area (Å²) < 4.78 is 0. The number of hydrogen-bond acceptors (Lipinski definition) is 3. The van der Waals surface area contributed by atoms with Crippen molar-refractivity contribution in [3.8, 4) is 12.3 Å². The van der Waals surface area contributed by atoms with Gasteiger partial charge in [0, 0.05) is 38.0 Å². The zero-order valence-corrected chi connectivity index (χ0v) is 10.6. The van der Waals surface area contributed by atoms with Crippen molar-refractivity contribution < 1.29 is 14.4 Å². The van der Waals surface area contributed by atoms with Crippen LogP contribution in [0, 0.1) is 18.3 Å². The lowest BCUT2D eigenvalue weighted by Gasteiger charge is -2.10. The van der Waals surface area contributed by atoms with Crippen molar-refractivity contribution in [2.45, 2.75) is 52.4 Å². The van der Waals surface area contributed by atoms with Crippen LogP contribution in [0.1, 0.15) is 52.4 Å². The van der Waals surface area contributed by atoms with E-state index in [0.717, 1.165) is 0 Å². The fraction of sp³-hybridized carbons (Fsp3) is 0.643. The monoisotopic (exact) mass is 236 g/mol. The number of ketones is 3. The van der Waals surface area contributed by atoms with Gasteiger partial charge in [0.15, 0.2) is 0 Å². The number of rotatable bonds is 9. The van der Waals surface area contributed by atoms with Gasteiger partial charge in [-0.15, -0.1) is 12.3 Å². The van der Waals surface area contributed by atoms with Crippen molar-refractivity contribution in [1.82, 2.24) is 0 Å². The van der Waals surface area contributed by atoms with Crippen molar-refractivity contribution in [2.75, 3.05) is 0 Å². The maximum absolute atomic E-state index is 11.6. The third-order valence-corrected chi connectivity index (χ3v) is 2.63. The van der Waals surface area contributed by atoms with Gasteiger partial charge in [-0.3, -0.25) is 9.59 Å². The Morgan fingerprint density at radius 1 is 1.24 bits per heavy atom. The second kappa shape index (κ2) is 8.69. The van der Waals surface area contributed by atoms with Crippen LogP contribution in [0.4, 0.5) is 0 Å². The molecule has 0 amide bonds. The molecule has 0 saturated heterocycles. The average molecular weight is 236 g/mol. The van der Waals surface area contributed by atoms with Crippen molar-refractivity contribution in [2.24, 2.45) is 5.92 Å². The van der Waals surface area contributed by atoms with E-state index in [2.05, 4.69) is 5.92 Å². The van der Waals surface area contributed by atoms with E-state index in [1.165, 1.54) is 6.92 Å². The molecule has 0 heterocycles. The average Bonchev–Trinajstić information content (AvgIpc) is 2.27. The molecule has 94 valence electrons. The summed E-state index contributed by atoms with van der Waals surface area (Å²) >= 11 is 0. The Balaban J connectivity index is 4.09. The lowest BCUT2D eigenvalue weighted by Crippen LogP contribution is -2.17. The molecule has 0 aromatic heterocycles. The molecule has 0 N–H and O–H groups in total. The molecule has 1 unspecified atom stereocenters. The third-order valence-electron chi connectivity index (χ3n) is 2.63. The fourth-order valence-corrected chi connectivity index (χ4v) is 1.64. The van der Waals surface area contributed by atoms with E-state index in [0.29, 0.717) is 32.1 Å². The summed E-state index contributed by atoms with van der Waals surface area (Å²) in [6.45, 7) is 3.28. The Labute approximate surface area is 103 Å². The molecule has 0 aromatic carbocycles. The van der Waals surface area contributed by atoms with E-state index in [1.807, 2.05) is 0 Å². The van der Waals surface area contributed by atoms with Gasteiger partial charge in [-0.1, -0.05) is 6.92 Å². The third kappa shape index (κ3) is 7.46. The van der Waals surface area contributed by atoms with Crippen molar-refractivity contribution in [1.29, 1.82) is 0 Å². The predicted molar refractivity (Wildman–Crippen MR) is 66.4 cm³/mol. The summed E-state index contributed by atoms with van der Waals surface area (Å²) in [5, 5.41) is 0. The van der Waals surface area contributed by atoms with Crippen LogP contribution in [-0.4, -0.2) is 17.3 Å². The molecule has 1 atom stereocenters. The van der Waals surface area contributed by atoms with E-state index < -0.39 is 0 Å². The van der Waals surface area contributed by atoms with Gasteiger partial charge in [0.1, 0.15) is 17.3 Å². The molecule has 0 fully saturated rings. The molecule has 17 heavy (non-hydrogen) atoms. The maximum Gasteiger partial charge on any atom is 0.137 e. The molecule has 0 spiro atoms. The molecule has 0 aliphatic carbocycles. The van der Waals surface area contributed by atoms with Crippen LogP contribution in [0.25, 0.3) is 0 Å². The molecule has 3 heteroatoms. The van der Waals surface area contributed by atoms with Crippen LogP contribution < -0.4 is 0 Å². The van der Waals surface area contributed by atoms with Gasteiger partial charge in [-0.25, -0.2) is 0 Å². The van der Waals surface area contributed by atoms with Crippen molar-refractivity contribution in [3.63, 3.8) is 0 Å². The Morgan fingerprint density at radius 3 is 2.35 bits per heavy atom. The highest BCUT2D eigenvalue weighted by Crippen LogP contribution is 2.14. The van der Waals surface area contributed by atoms with E-state index >= 15 is 0 Å². The van der Waals surface area contributed by atoms with Crippen LogP contribution in [0.3, 0.4) is 0 Å². The Hall–Kier alpha value is -1.43. The maximum atomic E-state index is 11.6. The Kier molecular flexibility index (Phi) is 7.96. The highest BCUT2D eigenvalue weighted by molar-refractivity contribution is 5.88. The fourth-order valence-electron chi connectivity index (χ4n) is 1.64. The smallest absolute Gasteiger partial charge is 0.137 e. The number of terminal acetylenes is 1. The van der Waals surface area contributed by atoms with Gasteiger partial charge in [0.05, 0.1) is 0 Å². The first kappa shape index (κ1) is 15.6. The van der Waals surface area contributed by atoms with Crippen LogP contribution >= 0.6 is 0 Å². The van der Waals surface area contributed by atoms with Gasteiger partial charge in [-0.2, -0.15) is 0 Å². The minimum absolute atomic E-state index is 0.0216. The predicted octanol–water partition coefficient (Wildman–Crippen LogP) is 2.32. The van der Waals surface area contributed by atoms with Gasteiger partial charge in [-0.05, 0) is 13.3 Å². The van der Waals surface area contributed by atoms with E-state index in [1.54, 1.807) is 6.92 Å². The molecule has 0 radical (unpaired) electrons. The van der Waals surface area contributed by atoms with Crippen LogP contribution in [0.15, 0.2) is 0 Å². The summed E-state index contributed by atoms with van der Waals surface area (Å²) in [4.78, 5) is 33.8. The molecule has 0 rings (SSSR count). The zero-order chi connectivity index (χ0) is 13.3. The molecule has 3 nitrogen and oxygen atoms in total. The first-order chi connectivity index (χ1) is 8.01. The summed E-state index contributed by atoms with van der Waals surface area (Å²) in [6, 6.07) is 0. The van der Waals surface area contributed by atoms with Crippen LogP contribution in [0.5, 0.6) is 0 Å². The number of Topliss-reactive ketones (excluding diaryl/α,β-unsaturated/α-hetero) is 3. The molecular weight excluding hydrogens is 216 g/mol. The Bertz CT molecular complexity index is 323. The molecule has 0 aliphatic heterocycles. The van der Waals surface area contributed by atoms with E-state index in [4.69, 9.17) is 6.42 Å². The summed E-state index contributed by atoms with van der Waals surface area (Å²) in [5.41, 5.74) is 0. The lowest BCUT2D eigenvalue weighted by atomic mass is 9.91. The van der Waals surface area contributed by atoms with Gasteiger partial charge in [0.25, 0.3) is 0 Å². The molecule has 0 bridgehead atoms. The highest BCUT2D eigenvalue weighted by Gasteiger charge is 2.19. The lowest BCUT2D eigenvalue weighted by molar-refractivity contribution is -0.127. The normalized spacial score (nSPS) is 11.6. The van der Waals surface area contributed by atoms with Crippen LogP contribution in [0.2, 0.25) is 0 Å². The first-order valence-electron chi connectivity index (χ1n) is 5.98. The quantitative estimate of drug-likeness (QED) is 0.577. The summed E-state index contributed by atoms with van der Waals surface area (Å²) in [6.07, 6.45) is 7.48. The summed E-state index contributed by atoms with van der Waals surface area (Å²) in [5.74, 6) is 2.25. The second-order valence-electron chi connectivity index (χ2n) is 4.22. The van der Waals surface area contributed by atoms with Crippen molar-refractivity contribution >= 4 is 17.3 Å². The van der Waals surface area contributed by atoms with Gasteiger partial charge >= 0.3 is 0 Å². The topological polar surface area (TPSA) is 51.2 Å². The first-order valence-corrected chi connectivity index (χ1v) is 5.98. The molecule has 0 aromatic rings. The SMILES string of the molecule is C#CCC(CC(=O)CCCC(C)=O)C(=O)CC. The minimum Gasteiger partial charge on any atom is -0.300 e. The highest BCUT2D eigenvalue weighted by atomic mass is 16.1. The minimum atomic E-state index is -0.338. The summed E-state index contributed by atoms with van der Waals surface area (Å²) in [7, 11) is 0. The van der Waals surface area contributed by atoms with Crippen molar-refractivity contribution in [3.05, 3.63) is 0 Å². The number of hydrogen-bond donors (Lipinski definition) is 0. The van der Waals surface area contributed by atoms with E-state index in [9.17, 15) is 14.4 Å². The Morgan fingerprint density at radius 2 is 1.88 bits per heavy atom. The van der Waals surface area contributed by atoms with Gasteiger partial charge in [0.2, 0.25) is 0 Å². The van der Waals surface area contributed by atoms with Crippen LogP contribution in [-0.2, 0) is 14.4 Å². The zero-order valence-electron chi connectivity index (χ0n) is 10.6. The standard InChI is InChI=1S/C14H20O3/c1-4-7-12(14(17)5-2)10-13(16)9-6-8-11(3)15/h1,12H,5-10H2,2-3H3. The molecular formula is C14H20O3. The van der Waals surface area contributed by atoms with Gasteiger partial charge < -0.3 is 4.79 Å².